The molecular weight excluding hydrogens is 338 g/mol. The lowest BCUT2D eigenvalue weighted by atomic mass is 10.3. The molecule has 14 heavy (non-hydrogen) atoms. The maximum absolute atomic E-state index is 11.2. The van der Waals surface area contributed by atoms with Crippen molar-refractivity contribution in [2.45, 2.75) is 4.90 Å². The van der Waals surface area contributed by atoms with Gasteiger partial charge in [0, 0.05) is 4.47 Å². The van der Waals surface area contributed by atoms with Crippen molar-refractivity contribution in [3.63, 3.8) is 0 Å². The predicted octanol–water partition coefficient (Wildman–Crippen LogP) is 1.87. The molecule has 1 aromatic carbocycles. The Morgan fingerprint density at radius 2 is 1.93 bits per heavy atom. The summed E-state index contributed by atoms with van der Waals surface area (Å²) in [5.41, 5.74) is 0. The molecule has 0 fully saturated rings. The smallest absolute Gasteiger partial charge is 0.240 e. The molecule has 7 heteroatoms. The van der Waals surface area contributed by atoms with Crippen molar-refractivity contribution in [2.24, 2.45) is 5.14 Å². The molecule has 2 N–H and O–H groups in total. The van der Waals surface area contributed by atoms with Gasteiger partial charge in [-0.1, -0.05) is 0 Å². The number of nitrogens with two attached hydrogens (primary N) is 1. The Labute approximate surface area is 98.7 Å². The average Bonchev–Trinajstić information content (AvgIpc) is 2.02. The minimum absolute atomic E-state index is 0.0168. The first-order valence-corrected chi connectivity index (χ1v) is 6.56. The van der Waals surface area contributed by atoms with E-state index in [1.165, 1.54) is 7.11 Å². The zero-order valence-corrected chi connectivity index (χ0v) is 11.1. The molecule has 0 unspecified atom stereocenters. The molecule has 0 atom stereocenters. The first-order valence-electron chi connectivity index (χ1n) is 3.42. The first kappa shape index (κ1) is 12.0. The number of rotatable bonds is 2. The third-order valence-corrected chi connectivity index (χ3v) is 4.48. The van der Waals surface area contributed by atoms with Gasteiger partial charge in [-0.2, -0.15) is 0 Å². The second-order valence-electron chi connectivity index (χ2n) is 2.44. The van der Waals surface area contributed by atoms with Gasteiger partial charge in [0.25, 0.3) is 0 Å². The van der Waals surface area contributed by atoms with E-state index in [0.717, 1.165) is 0 Å². The van der Waals surface area contributed by atoms with Crippen LogP contribution in [0.1, 0.15) is 0 Å². The Balaban J connectivity index is 3.57. The molecule has 0 saturated carbocycles. The zero-order chi connectivity index (χ0) is 10.9. The van der Waals surface area contributed by atoms with Crippen molar-refractivity contribution in [3.05, 3.63) is 21.1 Å². The van der Waals surface area contributed by atoms with E-state index >= 15 is 0 Å². The summed E-state index contributed by atoms with van der Waals surface area (Å²) in [4.78, 5) is -0.0168. The largest absolute Gasteiger partial charge is 0.496 e. The summed E-state index contributed by atoms with van der Waals surface area (Å²) in [6.45, 7) is 0. The van der Waals surface area contributed by atoms with Crippen LogP contribution in [-0.4, -0.2) is 15.5 Å². The second-order valence-corrected chi connectivity index (χ2v) is 5.58. The molecule has 78 valence electrons. The second kappa shape index (κ2) is 4.18. The van der Waals surface area contributed by atoms with Gasteiger partial charge in [0.2, 0.25) is 10.0 Å². The average molecular weight is 345 g/mol. The lowest BCUT2D eigenvalue weighted by Crippen LogP contribution is -2.13. The maximum Gasteiger partial charge on any atom is 0.240 e. The number of sulfonamides is 1. The summed E-state index contributed by atoms with van der Waals surface area (Å²) in [6.07, 6.45) is 0. The van der Waals surface area contributed by atoms with E-state index in [0.29, 0.717) is 14.7 Å². The maximum atomic E-state index is 11.2. The van der Waals surface area contributed by atoms with E-state index in [9.17, 15) is 8.42 Å². The van der Waals surface area contributed by atoms with Crippen LogP contribution >= 0.6 is 31.9 Å². The fraction of sp³-hybridized carbons (Fsp3) is 0.143. The summed E-state index contributed by atoms with van der Waals surface area (Å²) in [5, 5.41) is 5.04. The Morgan fingerprint density at radius 3 is 2.36 bits per heavy atom. The number of primary sulfonamides is 1. The summed E-state index contributed by atoms with van der Waals surface area (Å²) in [7, 11) is -2.33. The van der Waals surface area contributed by atoms with E-state index in [1.54, 1.807) is 12.1 Å². The molecule has 0 aromatic heterocycles. The summed E-state index contributed by atoms with van der Waals surface area (Å²) in [6, 6.07) is 3.19. The van der Waals surface area contributed by atoms with Gasteiger partial charge in [-0.05, 0) is 44.0 Å². The lowest BCUT2D eigenvalue weighted by molar-refractivity contribution is 0.410. The summed E-state index contributed by atoms with van der Waals surface area (Å²) in [5.74, 6) is 0.414. The molecule has 0 amide bonds. The fourth-order valence-electron chi connectivity index (χ4n) is 0.933. The van der Waals surface area contributed by atoms with Crippen LogP contribution in [-0.2, 0) is 10.0 Å². The van der Waals surface area contributed by atoms with Crippen LogP contribution in [0.5, 0.6) is 5.75 Å². The molecule has 0 radical (unpaired) electrons. The van der Waals surface area contributed by atoms with Crippen LogP contribution in [0.4, 0.5) is 0 Å². The lowest BCUT2D eigenvalue weighted by Gasteiger charge is -2.08. The van der Waals surface area contributed by atoms with E-state index < -0.39 is 10.0 Å². The Hall–Kier alpha value is -0.110. The molecule has 1 rings (SSSR count). The highest BCUT2D eigenvalue weighted by atomic mass is 79.9. The van der Waals surface area contributed by atoms with Crippen molar-refractivity contribution >= 4 is 41.9 Å². The highest BCUT2D eigenvalue weighted by Crippen LogP contribution is 2.36. The number of ether oxygens (including phenoxy) is 1. The van der Waals surface area contributed by atoms with Crippen LogP contribution in [0.2, 0.25) is 0 Å². The number of benzene rings is 1. The van der Waals surface area contributed by atoms with Crippen molar-refractivity contribution < 1.29 is 13.2 Å². The van der Waals surface area contributed by atoms with Crippen molar-refractivity contribution in [1.29, 1.82) is 0 Å². The fourth-order valence-corrected chi connectivity index (χ4v) is 4.08. The normalized spacial score (nSPS) is 11.4. The van der Waals surface area contributed by atoms with Crippen LogP contribution in [0, 0.1) is 0 Å². The highest BCUT2D eigenvalue weighted by Gasteiger charge is 2.19. The van der Waals surface area contributed by atoms with Crippen LogP contribution in [0.15, 0.2) is 26.0 Å². The van der Waals surface area contributed by atoms with Crippen molar-refractivity contribution in [1.82, 2.24) is 0 Å². The predicted molar refractivity (Wildman–Crippen MR) is 59.8 cm³/mol. The minimum Gasteiger partial charge on any atom is -0.496 e. The number of hydrogen-bond donors (Lipinski definition) is 1. The topological polar surface area (TPSA) is 69.4 Å². The Bertz CT molecular complexity index is 458. The molecule has 4 nitrogen and oxygen atoms in total. The molecule has 0 saturated heterocycles. The van der Waals surface area contributed by atoms with Gasteiger partial charge in [-0.3, -0.25) is 0 Å². The SMILES string of the molecule is COc1ccc(Br)c(S(N)(=O)=O)c1Br. The van der Waals surface area contributed by atoms with E-state index in [-0.39, 0.29) is 4.90 Å². The standard InChI is InChI=1S/C7H7Br2NO3S/c1-13-5-3-2-4(8)7(6(5)9)14(10,11)12/h2-3H,1H3,(H2,10,11,12). The summed E-state index contributed by atoms with van der Waals surface area (Å²) < 4.78 is 28.1. The molecular formula is C7H7Br2NO3S. The molecule has 1 aromatic rings. The first-order chi connectivity index (χ1) is 6.38. The van der Waals surface area contributed by atoms with E-state index in [4.69, 9.17) is 9.88 Å². The number of hydrogen-bond acceptors (Lipinski definition) is 3. The van der Waals surface area contributed by atoms with E-state index in [2.05, 4.69) is 31.9 Å². The van der Waals surface area contributed by atoms with Crippen molar-refractivity contribution in [3.8, 4) is 5.75 Å². The van der Waals surface area contributed by atoms with Gasteiger partial charge in [-0.15, -0.1) is 0 Å². The van der Waals surface area contributed by atoms with Gasteiger partial charge in [0.1, 0.15) is 10.6 Å². The number of halogens is 2. The molecule has 0 bridgehead atoms. The summed E-state index contributed by atoms with van der Waals surface area (Å²) >= 11 is 6.22. The van der Waals surface area contributed by atoms with Crippen LogP contribution < -0.4 is 9.88 Å². The molecule has 0 aliphatic rings. The molecule has 0 aliphatic heterocycles. The van der Waals surface area contributed by atoms with Gasteiger partial charge in [-0.25, -0.2) is 13.6 Å². The quantitative estimate of drug-likeness (QED) is 0.890. The van der Waals surface area contributed by atoms with Gasteiger partial charge >= 0.3 is 0 Å². The Kier molecular flexibility index (Phi) is 3.57. The molecule has 0 heterocycles. The van der Waals surface area contributed by atoms with Gasteiger partial charge < -0.3 is 4.74 Å². The third kappa shape index (κ3) is 2.28. The zero-order valence-electron chi connectivity index (χ0n) is 7.12. The Morgan fingerprint density at radius 1 is 1.36 bits per heavy atom. The van der Waals surface area contributed by atoms with Crippen LogP contribution in [0.3, 0.4) is 0 Å². The van der Waals surface area contributed by atoms with E-state index in [1.807, 2.05) is 0 Å². The number of methoxy groups -OCH3 is 1. The minimum atomic E-state index is -3.77. The monoisotopic (exact) mass is 343 g/mol. The molecule has 0 aliphatic carbocycles. The van der Waals surface area contributed by atoms with Crippen molar-refractivity contribution in [2.75, 3.05) is 7.11 Å². The van der Waals surface area contributed by atoms with Gasteiger partial charge in [0.15, 0.2) is 0 Å². The third-order valence-electron chi connectivity index (χ3n) is 1.52. The molecule has 0 spiro atoms. The highest BCUT2D eigenvalue weighted by molar-refractivity contribution is 9.11. The van der Waals surface area contributed by atoms with Gasteiger partial charge in [0.05, 0.1) is 11.6 Å². The van der Waals surface area contributed by atoms with Crippen LogP contribution in [0.25, 0.3) is 0 Å².